The summed E-state index contributed by atoms with van der Waals surface area (Å²) in [6, 6.07) is 0.917. The molecule has 2 unspecified atom stereocenters. The van der Waals surface area contributed by atoms with E-state index in [1.54, 1.807) is 0 Å². The first kappa shape index (κ1) is 10.4. The van der Waals surface area contributed by atoms with Gasteiger partial charge in [-0.25, -0.2) is 0 Å². The van der Waals surface area contributed by atoms with Crippen molar-refractivity contribution in [2.24, 2.45) is 5.92 Å². The Morgan fingerprint density at radius 2 is 1.79 bits per heavy atom. The highest BCUT2D eigenvalue weighted by Crippen LogP contribution is 2.34. The number of hydrogen-bond donors (Lipinski definition) is 0. The zero-order valence-electron chi connectivity index (χ0n) is 9.71. The number of fused-ring (bicyclic) bond motifs is 1. The first-order valence-electron chi connectivity index (χ1n) is 6.16. The van der Waals surface area contributed by atoms with Crippen LogP contribution in [-0.2, 0) is 0 Å². The molecule has 2 rings (SSSR count). The summed E-state index contributed by atoms with van der Waals surface area (Å²) in [5, 5.41) is 0. The third kappa shape index (κ3) is 2.29. The second-order valence-electron chi connectivity index (χ2n) is 5.29. The molecule has 82 valence electrons. The summed E-state index contributed by atoms with van der Waals surface area (Å²) < 4.78 is 0. The second-order valence-corrected chi connectivity index (χ2v) is 5.29. The molecule has 0 N–H and O–H groups in total. The molecule has 14 heavy (non-hydrogen) atoms. The summed E-state index contributed by atoms with van der Waals surface area (Å²) in [7, 11) is 4.37. The van der Waals surface area contributed by atoms with Crippen LogP contribution in [0.2, 0.25) is 0 Å². The maximum Gasteiger partial charge on any atom is 0.0503 e. The SMILES string of the molecule is CN(C)CN1CCCC2CCCCC21. The Morgan fingerprint density at radius 1 is 1.07 bits per heavy atom. The van der Waals surface area contributed by atoms with Gasteiger partial charge in [0.1, 0.15) is 0 Å². The van der Waals surface area contributed by atoms with Gasteiger partial charge in [0, 0.05) is 6.04 Å². The minimum absolute atomic E-state index is 0.917. The summed E-state index contributed by atoms with van der Waals surface area (Å²) in [4.78, 5) is 5.03. The maximum atomic E-state index is 2.72. The van der Waals surface area contributed by atoms with E-state index in [2.05, 4.69) is 23.9 Å². The van der Waals surface area contributed by atoms with Crippen LogP contribution in [0.5, 0.6) is 0 Å². The van der Waals surface area contributed by atoms with E-state index in [0.29, 0.717) is 0 Å². The van der Waals surface area contributed by atoms with Crippen LogP contribution in [0, 0.1) is 5.92 Å². The van der Waals surface area contributed by atoms with Gasteiger partial charge in [0.2, 0.25) is 0 Å². The molecular weight excluding hydrogens is 172 g/mol. The summed E-state index contributed by atoms with van der Waals surface area (Å²) >= 11 is 0. The lowest BCUT2D eigenvalue weighted by Crippen LogP contribution is -2.49. The van der Waals surface area contributed by atoms with Crippen LogP contribution in [-0.4, -0.2) is 43.2 Å². The van der Waals surface area contributed by atoms with Crippen molar-refractivity contribution >= 4 is 0 Å². The van der Waals surface area contributed by atoms with Crippen LogP contribution in [0.4, 0.5) is 0 Å². The Bertz CT molecular complexity index is 177. The van der Waals surface area contributed by atoms with Crippen molar-refractivity contribution in [3.05, 3.63) is 0 Å². The van der Waals surface area contributed by atoms with Crippen LogP contribution >= 0.6 is 0 Å². The lowest BCUT2D eigenvalue weighted by Gasteiger charge is -2.45. The molecule has 0 radical (unpaired) electrons. The van der Waals surface area contributed by atoms with Crippen molar-refractivity contribution in [2.75, 3.05) is 27.3 Å². The van der Waals surface area contributed by atoms with Crippen LogP contribution in [0.3, 0.4) is 0 Å². The van der Waals surface area contributed by atoms with Gasteiger partial charge in [-0.05, 0) is 52.2 Å². The molecule has 2 heteroatoms. The fourth-order valence-electron chi connectivity index (χ4n) is 3.27. The van der Waals surface area contributed by atoms with E-state index >= 15 is 0 Å². The molecule has 2 nitrogen and oxygen atoms in total. The van der Waals surface area contributed by atoms with Gasteiger partial charge in [0.05, 0.1) is 6.67 Å². The third-order valence-electron chi connectivity index (χ3n) is 3.82. The number of likely N-dealkylation sites (tertiary alicyclic amines) is 1. The lowest BCUT2D eigenvalue weighted by atomic mass is 9.78. The number of nitrogens with zero attached hydrogens (tertiary/aromatic N) is 2. The molecule has 2 atom stereocenters. The molecule has 0 aromatic carbocycles. The molecule has 1 aliphatic heterocycles. The molecule has 2 aliphatic rings. The zero-order valence-corrected chi connectivity index (χ0v) is 9.71. The minimum atomic E-state index is 0.917. The number of hydrogen-bond acceptors (Lipinski definition) is 2. The molecule has 1 saturated carbocycles. The van der Waals surface area contributed by atoms with E-state index in [4.69, 9.17) is 0 Å². The Kier molecular flexibility index (Phi) is 3.45. The van der Waals surface area contributed by atoms with E-state index in [9.17, 15) is 0 Å². The largest absolute Gasteiger partial charge is 0.297 e. The van der Waals surface area contributed by atoms with Crippen LogP contribution in [0.1, 0.15) is 38.5 Å². The van der Waals surface area contributed by atoms with Crippen molar-refractivity contribution < 1.29 is 0 Å². The molecule has 0 aromatic rings. The highest BCUT2D eigenvalue weighted by atomic mass is 15.3. The molecule has 1 heterocycles. The predicted molar refractivity (Wildman–Crippen MR) is 60.2 cm³/mol. The van der Waals surface area contributed by atoms with Crippen molar-refractivity contribution in [1.29, 1.82) is 0 Å². The molecule has 0 amide bonds. The monoisotopic (exact) mass is 196 g/mol. The van der Waals surface area contributed by atoms with Gasteiger partial charge >= 0.3 is 0 Å². The second kappa shape index (κ2) is 4.63. The highest BCUT2D eigenvalue weighted by Gasteiger charge is 2.32. The summed E-state index contributed by atoms with van der Waals surface area (Å²) in [6.45, 7) is 2.50. The van der Waals surface area contributed by atoms with Gasteiger partial charge in [-0.3, -0.25) is 9.80 Å². The van der Waals surface area contributed by atoms with Gasteiger partial charge in [0.25, 0.3) is 0 Å². The first-order chi connectivity index (χ1) is 6.77. The summed E-state index contributed by atoms with van der Waals surface area (Å²) in [6.07, 6.45) is 8.82. The molecule has 0 bridgehead atoms. The quantitative estimate of drug-likeness (QED) is 0.668. The van der Waals surface area contributed by atoms with E-state index in [1.165, 1.54) is 51.7 Å². The smallest absolute Gasteiger partial charge is 0.0503 e. The Balaban J connectivity index is 1.94. The van der Waals surface area contributed by atoms with Gasteiger partial charge in [-0.1, -0.05) is 12.8 Å². The standard InChI is InChI=1S/C12H24N2/c1-13(2)10-14-9-5-7-11-6-3-4-8-12(11)14/h11-12H,3-10H2,1-2H3. The van der Waals surface area contributed by atoms with Crippen molar-refractivity contribution in [1.82, 2.24) is 9.80 Å². The molecule has 1 aliphatic carbocycles. The molecule has 0 spiro atoms. The maximum absolute atomic E-state index is 2.72. The van der Waals surface area contributed by atoms with E-state index < -0.39 is 0 Å². The van der Waals surface area contributed by atoms with E-state index in [0.717, 1.165) is 12.0 Å². The highest BCUT2D eigenvalue weighted by molar-refractivity contribution is 4.86. The fourth-order valence-corrected chi connectivity index (χ4v) is 3.27. The normalized spacial score (nSPS) is 34.5. The molecule has 2 fully saturated rings. The van der Waals surface area contributed by atoms with Crippen molar-refractivity contribution in [3.8, 4) is 0 Å². The Labute approximate surface area is 88.3 Å². The molecule has 0 aromatic heterocycles. The fraction of sp³-hybridized carbons (Fsp3) is 1.00. The van der Waals surface area contributed by atoms with Crippen LogP contribution in [0.15, 0.2) is 0 Å². The van der Waals surface area contributed by atoms with E-state index in [-0.39, 0.29) is 0 Å². The van der Waals surface area contributed by atoms with Gasteiger partial charge in [-0.15, -0.1) is 0 Å². The first-order valence-corrected chi connectivity index (χ1v) is 6.16. The van der Waals surface area contributed by atoms with Crippen molar-refractivity contribution in [2.45, 2.75) is 44.6 Å². The Hall–Kier alpha value is -0.0800. The lowest BCUT2D eigenvalue weighted by molar-refractivity contribution is 0.0285. The average Bonchev–Trinajstić information content (AvgIpc) is 2.18. The predicted octanol–water partition coefficient (Wildman–Crippen LogP) is 2.16. The topological polar surface area (TPSA) is 6.48 Å². The summed E-state index contributed by atoms with van der Waals surface area (Å²) in [5.74, 6) is 1.03. The molecule has 1 saturated heterocycles. The van der Waals surface area contributed by atoms with E-state index in [1.807, 2.05) is 0 Å². The minimum Gasteiger partial charge on any atom is -0.297 e. The van der Waals surface area contributed by atoms with Gasteiger partial charge < -0.3 is 0 Å². The number of piperidine rings is 1. The van der Waals surface area contributed by atoms with Crippen LogP contribution in [0.25, 0.3) is 0 Å². The zero-order chi connectivity index (χ0) is 9.97. The molecular formula is C12H24N2. The van der Waals surface area contributed by atoms with Crippen molar-refractivity contribution in [3.63, 3.8) is 0 Å². The number of rotatable bonds is 2. The van der Waals surface area contributed by atoms with Gasteiger partial charge in [-0.2, -0.15) is 0 Å². The third-order valence-corrected chi connectivity index (χ3v) is 3.82. The Morgan fingerprint density at radius 3 is 2.57 bits per heavy atom. The average molecular weight is 196 g/mol. The summed E-state index contributed by atoms with van der Waals surface area (Å²) in [5.41, 5.74) is 0. The van der Waals surface area contributed by atoms with Gasteiger partial charge in [0.15, 0.2) is 0 Å². The van der Waals surface area contributed by atoms with Crippen LogP contribution < -0.4 is 0 Å².